The summed E-state index contributed by atoms with van der Waals surface area (Å²) in [6.07, 6.45) is 3.10. The van der Waals surface area contributed by atoms with Crippen molar-refractivity contribution in [2.45, 2.75) is 45.3 Å². The molecule has 21 heavy (non-hydrogen) atoms. The third-order valence-corrected chi connectivity index (χ3v) is 4.52. The molecule has 0 spiro atoms. The van der Waals surface area contributed by atoms with Gasteiger partial charge in [0, 0.05) is 19.1 Å². The first-order valence-corrected chi connectivity index (χ1v) is 8.39. The molecule has 3 nitrogen and oxygen atoms in total. The summed E-state index contributed by atoms with van der Waals surface area (Å²) in [5.74, 6) is 0.400. The van der Waals surface area contributed by atoms with E-state index < -0.39 is 0 Å². The number of benzene rings is 1. The largest absolute Gasteiger partial charge is 0.393 e. The first-order valence-electron chi connectivity index (χ1n) is 8.39. The van der Waals surface area contributed by atoms with Gasteiger partial charge in [-0.1, -0.05) is 44.2 Å². The van der Waals surface area contributed by atoms with E-state index in [9.17, 15) is 5.11 Å². The number of hydrogen-bond donors (Lipinski definition) is 2. The highest BCUT2D eigenvalue weighted by molar-refractivity contribution is 5.18. The molecule has 0 radical (unpaired) electrons. The van der Waals surface area contributed by atoms with Crippen molar-refractivity contribution in [3.63, 3.8) is 0 Å². The van der Waals surface area contributed by atoms with Crippen LogP contribution >= 0.6 is 0 Å². The van der Waals surface area contributed by atoms with E-state index in [1.54, 1.807) is 0 Å². The van der Waals surface area contributed by atoms with Crippen LogP contribution in [0.4, 0.5) is 0 Å². The van der Waals surface area contributed by atoms with E-state index in [-0.39, 0.29) is 6.10 Å². The average Bonchev–Trinajstić information content (AvgIpc) is 2.51. The lowest BCUT2D eigenvalue weighted by molar-refractivity contribution is 0.0337. The van der Waals surface area contributed by atoms with Gasteiger partial charge in [0.25, 0.3) is 0 Å². The van der Waals surface area contributed by atoms with Gasteiger partial charge in [-0.15, -0.1) is 0 Å². The first-order chi connectivity index (χ1) is 10.2. The standard InChI is InChI=1S/C18H30N2O/c1-3-11-19-17(16-7-5-4-6-8-16)9-12-20-13-10-18(21)15(2)14-20/h4-8,15,17-19,21H,3,9-14H2,1-2H3. The Morgan fingerprint density at radius 3 is 2.76 bits per heavy atom. The predicted octanol–water partition coefficient (Wildman–Crippen LogP) is 2.82. The normalized spacial score (nSPS) is 24.9. The molecule has 1 saturated heterocycles. The highest BCUT2D eigenvalue weighted by Gasteiger charge is 2.24. The average molecular weight is 290 g/mol. The number of nitrogens with zero attached hydrogens (tertiary/aromatic N) is 1. The van der Waals surface area contributed by atoms with Crippen molar-refractivity contribution in [3.05, 3.63) is 35.9 Å². The lowest BCUT2D eigenvalue weighted by atomic mass is 9.96. The lowest BCUT2D eigenvalue weighted by Gasteiger charge is -2.35. The van der Waals surface area contributed by atoms with Crippen molar-refractivity contribution in [3.8, 4) is 0 Å². The minimum absolute atomic E-state index is 0.107. The van der Waals surface area contributed by atoms with Crippen LogP contribution < -0.4 is 5.32 Å². The van der Waals surface area contributed by atoms with Gasteiger partial charge < -0.3 is 15.3 Å². The fraction of sp³-hybridized carbons (Fsp3) is 0.667. The summed E-state index contributed by atoms with van der Waals surface area (Å²) in [4.78, 5) is 2.50. The second-order valence-electron chi connectivity index (χ2n) is 6.34. The molecule has 3 atom stereocenters. The molecule has 2 rings (SSSR count). The summed E-state index contributed by atoms with van der Waals surface area (Å²) in [6, 6.07) is 11.2. The Bertz CT molecular complexity index is 395. The number of aliphatic hydroxyl groups excluding tert-OH is 1. The van der Waals surface area contributed by atoms with Crippen molar-refractivity contribution in [2.75, 3.05) is 26.2 Å². The van der Waals surface area contributed by atoms with Crippen molar-refractivity contribution in [1.29, 1.82) is 0 Å². The molecule has 1 aromatic carbocycles. The Morgan fingerprint density at radius 1 is 1.33 bits per heavy atom. The summed E-state index contributed by atoms with van der Waals surface area (Å²) in [5, 5.41) is 13.5. The minimum Gasteiger partial charge on any atom is -0.393 e. The van der Waals surface area contributed by atoms with Crippen molar-refractivity contribution >= 4 is 0 Å². The molecular weight excluding hydrogens is 260 g/mol. The molecule has 3 unspecified atom stereocenters. The van der Waals surface area contributed by atoms with Crippen LogP contribution in [0, 0.1) is 5.92 Å². The first kappa shape index (κ1) is 16.5. The van der Waals surface area contributed by atoms with E-state index in [0.717, 1.165) is 45.4 Å². The molecule has 3 heteroatoms. The van der Waals surface area contributed by atoms with Crippen LogP contribution in [0.3, 0.4) is 0 Å². The summed E-state index contributed by atoms with van der Waals surface area (Å²) in [7, 11) is 0. The summed E-state index contributed by atoms with van der Waals surface area (Å²) >= 11 is 0. The lowest BCUT2D eigenvalue weighted by Crippen LogP contribution is -2.43. The van der Waals surface area contributed by atoms with Crippen LogP contribution in [0.25, 0.3) is 0 Å². The Kier molecular flexibility index (Phi) is 6.68. The second kappa shape index (κ2) is 8.52. The zero-order valence-electron chi connectivity index (χ0n) is 13.5. The van der Waals surface area contributed by atoms with Gasteiger partial charge in [-0.05, 0) is 43.8 Å². The van der Waals surface area contributed by atoms with E-state index in [1.165, 1.54) is 5.56 Å². The maximum absolute atomic E-state index is 9.83. The van der Waals surface area contributed by atoms with E-state index in [1.807, 2.05) is 0 Å². The Morgan fingerprint density at radius 2 is 2.10 bits per heavy atom. The fourth-order valence-corrected chi connectivity index (χ4v) is 3.12. The smallest absolute Gasteiger partial charge is 0.0590 e. The van der Waals surface area contributed by atoms with Gasteiger partial charge in [-0.3, -0.25) is 0 Å². The van der Waals surface area contributed by atoms with E-state index >= 15 is 0 Å². The van der Waals surface area contributed by atoms with Crippen molar-refractivity contribution in [1.82, 2.24) is 10.2 Å². The number of hydrogen-bond acceptors (Lipinski definition) is 3. The van der Waals surface area contributed by atoms with Gasteiger partial charge in [0.15, 0.2) is 0 Å². The fourth-order valence-electron chi connectivity index (χ4n) is 3.12. The van der Waals surface area contributed by atoms with Crippen molar-refractivity contribution in [2.24, 2.45) is 5.92 Å². The molecule has 0 bridgehead atoms. The molecule has 0 amide bonds. The Labute approximate surface area is 129 Å². The predicted molar refractivity (Wildman–Crippen MR) is 88.3 cm³/mol. The number of nitrogens with one attached hydrogen (secondary N) is 1. The zero-order valence-corrected chi connectivity index (χ0v) is 13.5. The SMILES string of the molecule is CCCNC(CCN1CCC(O)C(C)C1)c1ccccc1. The zero-order chi connectivity index (χ0) is 15.1. The van der Waals surface area contributed by atoms with Crippen LogP contribution in [0.2, 0.25) is 0 Å². The number of aliphatic hydroxyl groups is 1. The third-order valence-electron chi connectivity index (χ3n) is 4.52. The number of rotatable bonds is 7. The summed E-state index contributed by atoms with van der Waals surface area (Å²) < 4.78 is 0. The van der Waals surface area contributed by atoms with Gasteiger partial charge in [0.05, 0.1) is 6.10 Å². The Hall–Kier alpha value is -0.900. The molecule has 1 fully saturated rings. The molecule has 1 heterocycles. The van der Waals surface area contributed by atoms with E-state index in [4.69, 9.17) is 0 Å². The van der Waals surface area contributed by atoms with Crippen LogP contribution in [0.5, 0.6) is 0 Å². The Balaban J connectivity index is 1.87. The molecule has 118 valence electrons. The highest BCUT2D eigenvalue weighted by Crippen LogP contribution is 2.20. The number of piperidine rings is 1. The molecule has 2 N–H and O–H groups in total. The van der Waals surface area contributed by atoms with Crippen LogP contribution in [-0.4, -0.2) is 42.3 Å². The van der Waals surface area contributed by atoms with Gasteiger partial charge >= 0.3 is 0 Å². The number of likely N-dealkylation sites (tertiary alicyclic amines) is 1. The quantitative estimate of drug-likeness (QED) is 0.810. The van der Waals surface area contributed by atoms with Crippen LogP contribution in [0.1, 0.15) is 44.7 Å². The maximum Gasteiger partial charge on any atom is 0.0590 e. The highest BCUT2D eigenvalue weighted by atomic mass is 16.3. The summed E-state index contributed by atoms with van der Waals surface area (Å²) in [5.41, 5.74) is 1.39. The topological polar surface area (TPSA) is 35.5 Å². The van der Waals surface area contributed by atoms with E-state index in [2.05, 4.69) is 54.4 Å². The van der Waals surface area contributed by atoms with Crippen LogP contribution in [0.15, 0.2) is 30.3 Å². The van der Waals surface area contributed by atoms with Crippen LogP contribution in [-0.2, 0) is 0 Å². The molecule has 1 aliphatic heterocycles. The van der Waals surface area contributed by atoms with Crippen molar-refractivity contribution < 1.29 is 5.11 Å². The van der Waals surface area contributed by atoms with Gasteiger partial charge in [-0.2, -0.15) is 0 Å². The third kappa shape index (κ3) is 5.10. The molecule has 1 aromatic rings. The van der Waals surface area contributed by atoms with Gasteiger partial charge in [0.1, 0.15) is 0 Å². The molecule has 0 aromatic heterocycles. The second-order valence-corrected chi connectivity index (χ2v) is 6.34. The monoisotopic (exact) mass is 290 g/mol. The molecule has 0 aliphatic carbocycles. The molecule has 0 saturated carbocycles. The maximum atomic E-state index is 9.83. The minimum atomic E-state index is -0.107. The molecule has 1 aliphatic rings. The van der Waals surface area contributed by atoms with E-state index in [0.29, 0.717) is 12.0 Å². The van der Waals surface area contributed by atoms with Gasteiger partial charge in [-0.25, -0.2) is 0 Å². The molecular formula is C18H30N2O. The summed E-state index contributed by atoms with van der Waals surface area (Å²) in [6.45, 7) is 8.59. The van der Waals surface area contributed by atoms with Gasteiger partial charge in [0.2, 0.25) is 0 Å².